The molecule has 3 aromatic rings. The molecule has 4 heteroatoms. The molecule has 3 aromatic carbocycles. The molecule has 0 saturated carbocycles. The van der Waals surface area contributed by atoms with Crippen LogP contribution in [0.5, 0.6) is 0 Å². The van der Waals surface area contributed by atoms with Crippen LogP contribution in [0.2, 0.25) is 23.2 Å². The van der Waals surface area contributed by atoms with Crippen LogP contribution in [0.25, 0.3) is 0 Å². The van der Waals surface area contributed by atoms with E-state index in [0.717, 1.165) is 45.3 Å². The third-order valence-corrected chi connectivity index (χ3v) is 21.9. The lowest BCUT2D eigenvalue weighted by Gasteiger charge is -2.46. The zero-order chi connectivity index (χ0) is 35.1. The van der Waals surface area contributed by atoms with Gasteiger partial charge in [0, 0.05) is 0 Å². The lowest BCUT2D eigenvalue weighted by Crippen LogP contribution is -2.67. The maximum absolute atomic E-state index is 7.97. The standard InChI is InChI=1S/C44H62O2Si2/c1-13-41(46-48(44(8,9)10,33-20-16-14-17-21-33)34-22-18-15-19-23-34)42-37-27-25-36(37)39-28-45-29-40(39)38(42)26-24-35(31(2)3)32(4)30-47(11,12)43(5,6)7/h14-23,30,41H,13,24-29H2,1-12H3/b32-30+. The molecule has 5 rings (SSSR count). The number of ether oxygens (including phenoxy) is 1. The van der Waals surface area contributed by atoms with Gasteiger partial charge in [0.1, 0.15) is 0 Å². The van der Waals surface area contributed by atoms with Crippen molar-refractivity contribution in [1.29, 1.82) is 0 Å². The average Bonchev–Trinajstić information content (AvgIpc) is 3.46. The molecule has 1 atom stereocenters. The number of rotatable bonds is 11. The SMILES string of the molecule is CCC(O[Si](c1ccccc1)(c1ccccc1)C(C)(C)C)c1c2c(c3c(c1CCC(=C(C)C)/C(C)=C/[Si](C)(C)C(C)(C)C)COC3)CC2. The van der Waals surface area contributed by atoms with E-state index in [1.807, 2.05) is 0 Å². The minimum atomic E-state index is -2.75. The summed E-state index contributed by atoms with van der Waals surface area (Å²) in [5.74, 6) is 0. The summed E-state index contributed by atoms with van der Waals surface area (Å²) in [5, 5.41) is 2.95. The summed E-state index contributed by atoms with van der Waals surface area (Å²) in [5.41, 5.74) is 16.2. The molecule has 0 radical (unpaired) electrons. The Morgan fingerprint density at radius 1 is 0.771 bits per heavy atom. The predicted octanol–water partition coefficient (Wildman–Crippen LogP) is 11.1. The van der Waals surface area contributed by atoms with Crippen LogP contribution >= 0.6 is 0 Å². The second-order valence-electron chi connectivity index (χ2n) is 17.3. The van der Waals surface area contributed by atoms with E-state index >= 15 is 0 Å². The van der Waals surface area contributed by atoms with Gasteiger partial charge in [-0.3, -0.25) is 0 Å². The van der Waals surface area contributed by atoms with Crippen molar-refractivity contribution in [3.63, 3.8) is 0 Å². The van der Waals surface area contributed by atoms with Gasteiger partial charge in [0.2, 0.25) is 0 Å². The molecule has 0 aromatic heterocycles. The van der Waals surface area contributed by atoms with Crippen LogP contribution in [0.4, 0.5) is 0 Å². The Labute approximate surface area is 295 Å². The van der Waals surface area contributed by atoms with Gasteiger partial charge in [-0.1, -0.05) is 139 Å². The Balaban J connectivity index is 1.65. The first-order valence-corrected chi connectivity index (χ1v) is 23.4. The first-order chi connectivity index (χ1) is 22.5. The molecule has 258 valence electrons. The average molecular weight is 679 g/mol. The van der Waals surface area contributed by atoms with Crippen molar-refractivity contribution in [3.05, 3.63) is 116 Å². The molecule has 0 fully saturated rings. The summed E-state index contributed by atoms with van der Waals surface area (Å²) >= 11 is 0. The van der Waals surface area contributed by atoms with E-state index in [1.54, 1.807) is 11.1 Å². The Morgan fingerprint density at radius 2 is 1.31 bits per heavy atom. The molecule has 1 unspecified atom stereocenters. The number of hydrogen-bond acceptors (Lipinski definition) is 2. The fraction of sp³-hybridized carbons (Fsp3) is 0.500. The van der Waals surface area contributed by atoms with Crippen LogP contribution < -0.4 is 10.4 Å². The van der Waals surface area contributed by atoms with Crippen molar-refractivity contribution in [2.75, 3.05) is 0 Å². The maximum atomic E-state index is 7.97. The van der Waals surface area contributed by atoms with Crippen LogP contribution in [-0.4, -0.2) is 16.4 Å². The summed E-state index contributed by atoms with van der Waals surface area (Å²) in [7, 11) is -4.34. The molecule has 0 spiro atoms. The maximum Gasteiger partial charge on any atom is 0.261 e. The predicted molar refractivity (Wildman–Crippen MR) is 212 cm³/mol. The highest BCUT2D eigenvalue weighted by atomic mass is 28.4. The van der Waals surface area contributed by atoms with Gasteiger partial charge >= 0.3 is 0 Å². The molecule has 1 aliphatic carbocycles. The molecule has 0 bridgehead atoms. The molecule has 48 heavy (non-hydrogen) atoms. The monoisotopic (exact) mass is 678 g/mol. The van der Waals surface area contributed by atoms with Gasteiger partial charge in [-0.25, -0.2) is 0 Å². The fourth-order valence-electron chi connectivity index (χ4n) is 8.18. The molecule has 1 aliphatic heterocycles. The molecule has 0 amide bonds. The first kappa shape index (κ1) is 36.8. The van der Waals surface area contributed by atoms with Crippen molar-refractivity contribution in [1.82, 2.24) is 0 Å². The first-order valence-electron chi connectivity index (χ1n) is 18.4. The molecule has 1 heterocycles. The van der Waals surface area contributed by atoms with E-state index in [4.69, 9.17) is 9.16 Å². The number of allylic oxidation sites excluding steroid dienone is 3. The van der Waals surface area contributed by atoms with Crippen LogP contribution in [0.3, 0.4) is 0 Å². The number of benzene rings is 3. The van der Waals surface area contributed by atoms with Gasteiger partial charge < -0.3 is 9.16 Å². The van der Waals surface area contributed by atoms with Crippen LogP contribution in [-0.2, 0) is 41.6 Å². The number of hydrogen-bond donors (Lipinski definition) is 0. The summed E-state index contributed by atoms with van der Waals surface area (Å²) in [6.07, 6.45) is 5.35. The van der Waals surface area contributed by atoms with Gasteiger partial charge in [0.15, 0.2) is 0 Å². The molecular formula is C44H62O2Si2. The number of fused-ring (bicyclic) bond motifs is 3. The summed E-state index contributed by atoms with van der Waals surface area (Å²) in [6, 6.07) is 22.4. The highest BCUT2D eigenvalue weighted by Crippen LogP contribution is 2.47. The quantitative estimate of drug-likeness (QED) is 0.148. The van der Waals surface area contributed by atoms with Crippen LogP contribution in [0, 0.1) is 0 Å². The van der Waals surface area contributed by atoms with Crippen molar-refractivity contribution in [2.45, 2.75) is 144 Å². The zero-order valence-electron chi connectivity index (χ0n) is 32.2. The normalized spacial score (nSPS) is 15.9. The van der Waals surface area contributed by atoms with Gasteiger partial charge in [-0.15, -0.1) is 0 Å². The van der Waals surface area contributed by atoms with Gasteiger partial charge in [0.25, 0.3) is 8.32 Å². The van der Waals surface area contributed by atoms with Crippen LogP contribution in [0.1, 0.15) is 122 Å². The van der Waals surface area contributed by atoms with E-state index in [0.29, 0.717) is 5.04 Å². The van der Waals surface area contributed by atoms with E-state index in [9.17, 15) is 0 Å². The third kappa shape index (κ3) is 6.80. The Bertz CT molecular complexity index is 1620. The van der Waals surface area contributed by atoms with Gasteiger partial charge in [-0.2, -0.15) is 0 Å². The largest absolute Gasteiger partial charge is 0.400 e. The van der Waals surface area contributed by atoms with Crippen molar-refractivity contribution < 1.29 is 9.16 Å². The molecule has 2 nitrogen and oxygen atoms in total. The summed E-state index contributed by atoms with van der Waals surface area (Å²) in [4.78, 5) is 0. The van der Waals surface area contributed by atoms with E-state index in [-0.39, 0.29) is 11.1 Å². The van der Waals surface area contributed by atoms with Gasteiger partial charge in [-0.05, 0) is 112 Å². The van der Waals surface area contributed by atoms with E-state index in [2.05, 4.69) is 149 Å². The Kier molecular flexibility index (Phi) is 10.7. The molecule has 0 N–H and O–H groups in total. The topological polar surface area (TPSA) is 18.5 Å². The molecular weight excluding hydrogens is 617 g/mol. The van der Waals surface area contributed by atoms with Crippen LogP contribution in [0.15, 0.2) is 83.1 Å². The zero-order valence-corrected chi connectivity index (χ0v) is 34.2. The second kappa shape index (κ2) is 14.0. The third-order valence-electron chi connectivity index (χ3n) is 11.9. The summed E-state index contributed by atoms with van der Waals surface area (Å²) < 4.78 is 14.2. The molecule has 2 aliphatic rings. The van der Waals surface area contributed by atoms with Crippen molar-refractivity contribution >= 4 is 26.8 Å². The highest BCUT2D eigenvalue weighted by Gasteiger charge is 2.52. The van der Waals surface area contributed by atoms with Crippen molar-refractivity contribution in [3.8, 4) is 0 Å². The minimum absolute atomic E-state index is 0.0188. The Morgan fingerprint density at radius 3 is 1.77 bits per heavy atom. The highest BCUT2D eigenvalue weighted by molar-refractivity contribution is 6.99. The summed E-state index contributed by atoms with van der Waals surface area (Å²) in [6.45, 7) is 30.3. The van der Waals surface area contributed by atoms with E-state index < -0.39 is 16.4 Å². The lowest BCUT2D eigenvalue weighted by molar-refractivity contribution is 0.133. The minimum Gasteiger partial charge on any atom is -0.400 e. The van der Waals surface area contributed by atoms with E-state index in [1.165, 1.54) is 49.3 Å². The van der Waals surface area contributed by atoms with Gasteiger partial charge in [0.05, 0.1) is 27.4 Å². The fourth-order valence-corrected chi connectivity index (χ4v) is 14.6. The Hall–Kier alpha value is -2.51. The second-order valence-corrected chi connectivity index (χ2v) is 26.7. The van der Waals surface area contributed by atoms with Crippen molar-refractivity contribution in [2.24, 2.45) is 0 Å². The lowest BCUT2D eigenvalue weighted by atomic mass is 9.74. The smallest absolute Gasteiger partial charge is 0.261 e. The molecule has 0 saturated heterocycles.